The van der Waals surface area contributed by atoms with E-state index in [0.29, 0.717) is 11.8 Å². The number of aliphatic hydroxyl groups is 1. The molecule has 2 rings (SSSR count). The highest BCUT2D eigenvalue weighted by Gasteiger charge is 2.27. The van der Waals surface area contributed by atoms with Crippen LogP contribution in [0.1, 0.15) is 76.5 Å². The van der Waals surface area contributed by atoms with Crippen molar-refractivity contribution in [1.82, 2.24) is 0 Å². The Kier molecular flexibility index (Phi) is 4.35. The van der Waals surface area contributed by atoms with Gasteiger partial charge in [0.25, 0.3) is 0 Å². The number of hydrogen-bond acceptors (Lipinski definition) is 1. The molecule has 1 aliphatic rings. The van der Waals surface area contributed by atoms with Gasteiger partial charge in [-0.15, -0.1) is 0 Å². The molecular formula is C18H28O. The average molecular weight is 260 g/mol. The van der Waals surface area contributed by atoms with Crippen LogP contribution in [0.4, 0.5) is 0 Å². The largest absolute Gasteiger partial charge is 0.388 e. The molecule has 0 spiro atoms. The number of benzene rings is 1. The van der Waals surface area contributed by atoms with E-state index in [1.807, 2.05) is 0 Å². The maximum atomic E-state index is 10.6. The molecule has 0 saturated heterocycles. The van der Waals surface area contributed by atoms with Crippen LogP contribution in [0.5, 0.6) is 0 Å². The zero-order valence-electron chi connectivity index (χ0n) is 12.8. The predicted molar refractivity (Wildman–Crippen MR) is 81.2 cm³/mol. The lowest BCUT2D eigenvalue weighted by Crippen LogP contribution is -2.21. The Bertz CT molecular complexity index is 412. The second kappa shape index (κ2) is 5.66. The van der Waals surface area contributed by atoms with Crippen molar-refractivity contribution in [3.63, 3.8) is 0 Å². The van der Waals surface area contributed by atoms with Crippen molar-refractivity contribution in [2.75, 3.05) is 0 Å². The summed E-state index contributed by atoms with van der Waals surface area (Å²) in [6, 6.07) is 8.50. The predicted octanol–water partition coefficient (Wildman–Crippen LogP) is 5.06. The third kappa shape index (κ3) is 3.39. The van der Waals surface area contributed by atoms with E-state index in [9.17, 15) is 5.11 Å². The van der Waals surface area contributed by atoms with Gasteiger partial charge >= 0.3 is 0 Å². The Morgan fingerprint density at radius 1 is 1.21 bits per heavy atom. The SMILES string of the molecule is CC(CC(O)c1ccccc1C1CCC1)C(C)(C)C. The van der Waals surface area contributed by atoms with Crippen LogP contribution in [0.15, 0.2) is 24.3 Å². The summed E-state index contributed by atoms with van der Waals surface area (Å²) >= 11 is 0. The highest BCUT2D eigenvalue weighted by molar-refractivity contribution is 5.33. The molecule has 0 aliphatic heterocycles. The first-order valence-electron chi connectivity index (χ1n) is 7.66. The van der Waals surface area contributed by atoms with Crippen molar-refractivity contribution in [2.24, 2.45) is 11.3 Å². The van der Waals surface area contributed by atoms with Gasteiger partial charge in [-0.3, -0.25) is 0 Å². The summed E-state index contributed by atoms with van der Waals surface area (Å²) in [5.74, 6) is 1.20. The van der Waals surface area contributed by atoms with Crippen molar-refractivity contribution in [1.29, 1.82) is 0 Å². The summed E-state index contributed by atoms with van der Waals surface area (Å²) < 4.78 is 0. The molecule has 2 atom stereocenters. The lowest BCUT2D eigenvalue weighted by molar-refractivity contribution is 0.109. The molecule has 0 heterocycles. The molecule has 1 aromatic rings. The second-order valence-corrected chi connectivity index (χ2v) is 7.28. The van der Waals surface area contributed by atoms with Crippen LogP contribution in [-0.4, -0.2) is 5.11 Å². The zero-order chi connectivity index (χ0) is 14.0. The van der Waals surface area contributed by atoms with Crippen LogP contribution >= 0.6 is 0 Å². The van der Waals surface area contributed by atoms with Gasteiger partial charge in [-0.2, -0.15) is 0 Å². The van der Waals surface area contributed by atoms with Crippen molar-refractivity contribution >= 4 is 0 Å². The summed E-state index contributed by atoms with van der Waals surface area (Å²) in [7, 11) is 0. The summed E-state index contributed by atoms with van der Waals surface area (Å²) in [4.78, 5) is 0. The number of hydrogen-bond donors (Lipinski definition) is 1. The van der Waals surface area contributed by atoms with Gasteiger partial charge < -0.3 is 5.11 Å². The molecule has 0 bridgehead atoms. The summed E-state index contributed by atoms with van der Waals surface area (Å²) in [5.41, 5.74) is 2.82. The first-order chi connectivity index (χ1) is 8.89. The molecule has 0 radical (unpaired) electrons. The normalized spacial score (nSPS) is 19.8. The molecule has 1 heteroatoms. The van der Waals surface area contributed by atoms with Crippen LogP contribution in [0.25, 0.3) is 0 Å². The van der Waals surface area contributed by atoms with Crippen LogP contribution in [0.3, 0.4) is 0 Å². The minimum Gasteiger partial charge on any atom is -0.388 e. The Balaban J connectivity index is 2.12. The molecule has 19 heavy (non-hydrogen) atoms. The molecule has 2 unspecified atom stereocenters. The maximum absolute atomic E-state index is 10.6. The molecule has 1 N–H and O–H groups in total. The van der Waals surface area contributed by atoms with E-state index < -0.39 is 0 Å². The van der Waals surface area contributed by atoms with E-state index in [0.717, 1.165) is 6.42 Å². The molecule has 1 nitrogen and oxygen atoms in total. The topological polar surface area (TPSA) is 20.2 Å². The first kappa shape index (κ1) is 14.6. The fourth-order valence-electron chi connectivity index (χ4n) is 2.72. The molecule has 1 fully saturated rings. The molecular weight excluding hydrogens is 232 g/mol. The van der Waals surface area contributed by atoms with Crippen molar-refractivity contribution < 1.29 is 5.11 Å². The Labute approximate surface area is 118 Å². The van der Waals surface area contributed by atoms with Gasteiger partial charge in [0.2, 0.25) is 0 Å². The number of rotatable bonds is 4. The lowest BCUT2D eigenvalue weighted by atomic mass is 9.74. The second-order valence-electron chi connectivity index (χ2n) is 7.28. The van der Waals surface area contributed by atoms with Gasteiger partial charge in [-0.25, -0.2) is 0 Å². The Morgan fingerprint density at radius 3 is 2.37 bits per heavy atom. The van der Waals surface area contributed by atoms with Gasteiger partial charge in [0.1, 0.15) is 0 Å². The summed E-state index contributed by atoms with van der Waals surface area (Å²) in [6.07, 6.45) is 4.46. The molecule has 1 aromatic carbocycles. The molecule has 0 aromatic heterocycles. The van der Waals surface area contributed by atoms with Crippen LogP contribution in [0, 0.1) is 11.3 Å². The van der Waals surface area contributed by atoms with E-state index in [1.165, 1.54) is 30.4 Å². The lowest BCUT2D eigenvalue weighted by Gasteiger charge is -2.32. The van der Waals surface area contributed by atoms with Gasteiger partial charge in [0.15, 0.2) is 0 Å². The Morgan fingerprint density at radius 2 is 1.84 bits per heavy atom. The van der Waals surface area contributed by atoms with Gasteiger partial charge in [-0.05, 0) is 47.6 Å². The molecule has 1 saturated carbocycles. The minimum absolute atomic E-state index is 0.256. The Hall–Kier alpha value is -0.820. The van der Waals surface area contributed by atoms with E-state index >= 15 is 0 Å². The van der Waals surface area contributed by atoms with E-state index in [1.54, 1.807) is 0 Å². The van der Waals surface area contributed by atoms with Gasteiger partial charge in [0, 0.05) is 0 Å². The zero-order valence-corrected chi connectivity index (χ0v) is 12.8. The standard InChI is InChI=1S/C18H28O/c1-13(18(2,3)4)12-17(19)16-11-6-5-10-15(16)14-8-7-9-14/h5-6,10-11,13-14,17,19H,7-9,12H2,1-4H3. The number of aliphatic hydroxyl groups excluding tert-OH is 1. The summed E-state index contributed by atoms with van der Waals surface area (Å²) in [5, 5.41) is 10.6. The van der Waals surface area contributed by atoms with Crippen molar-refractivity contribution in [2.45, 2.75) is 65.4 Å². The quantitative estimate of drug-likeness (QED) is 0.802. The molecule has 0 amide bonds. The third-order valence-electron chi connectivity index (χ3n) is 4.96. The molecule has 1 aliphatic carbocycles. The maximum Gasteiger partial charge on any atom is 0.0795 e. The van der Waals surface area contributed by atoms with E-state index in [2.05, 4.69) is 52.0 Å². The smallest absolute Gasteiger partial charge is 0.0795 e. The van der Waals surface area contributed by atoms with Gasteiger partial charge in [0.05, 0.1) is 6.10 Å². The average Bonchev–Trinajstić information content (AvgIpc) is 2.26. The van der Waals surface area contributed by atoms with Crippen LogP contribution < -0.4 is 0 Å². The monoisotopic (exact) mass is 260 g/mol. The van der Waals surface area contributed by atoms with Crippen molar-refractivity contribution in [3.05, 3.63) is 35.4 Å². The highest BCUT2D eigenvalue weighted by atomic mass is 16.3. The first-order valence-corrected chi connectivity index (χ1v) is 7.66. The summed E-state index contributed by atoms with van der Waals surface area (Å²) in [6.45, 7) is 9.00. The van der Waals surface area contributed by atoms with Gasteiger partial charge in [-0.1, -0.05) is 58.4 Å². The fourth-order valence-corrected chi connectivity index (χ4v) is 2.72. The molecule has 106 valence electrons. The minimum atomic E-state index is -0.314. The van der Waals surface area contributed by atoms with Crippen molar-refractivity contribution in [3.8, 4) is 0 Å². The third-order valence-corrected chi connectivity index (χ3v) is 4.96. The van der Waals surface area contributed by atoms with Crippen LogP contribution in [0.2, 0.25) is 0 Å². The van der Waals surface area contributed by atoms with E-state index in [-0.39, 0.29) is 11.5 Å². The van der Waals surface area contributed by atoms with E-state index in [4.69, 9.17) is 0 Å². The highest BCUT2D eigenvalue weighted by Crippen LogP contribution is 2.41. The van der Waals surface area contributed by atoms with Crippen LogP contribution in [-0.2, 0) is 0 Å². The fraction of sp³-hybridized carbons (Fsp3) is 0.667.